The van der Waals surface area contributed by atoms with E-state index in [0.29, 0.717) is 5.41 Å². The van der Waals surface area contributed by atoms with Crippen LogP contribution in [0.5, 0.6) is 0 Å². The van der Waals surface area contributed by atoms with Crippen LogP contribution in [0, 0.1) is 5.41 Å². The van der Waals surface area contributed by atoms with Crippen molar-refractivity contribution in [1.82, 2.24) is 9.55 Å². The summed E-state index contributed by atoms with van der Waals surface area (Å²) in [4.78, 5) is 4.06. The summed E-state index contributed by atoms with van der Waals surface area (Å²) in [6, 6.07) is -0.326. The highest BCUT2D eigenvalue weighted by Gasteiger charge is 2.14. The summed E-state index contributed by atoms with van der Waals surface area (Å²) in [5.74, 6) is 0. The molecule has 0 spiro atoms. The Labute approximate surface area is 91.1 Å². The van der Waals surface area contributed by atoms with Gasteiger partial charge in [-0.25, -0.2) is 4.98 Å². The highest BCUT2D eigenvalue weighted by atomic mass is 16.3. The molecular formula is C11H21N3O. The van der Waals surface area contributed by atoms with E-state index in [-0.39, 0.29) is 12.6 Å². The van der Waals surface area contributed by atoms with Crippen molar-refractivity contribution in [3.63, 3.8) is 0 Å². The smallest absolute Gasteiger partial charge is 0.0948 e. The minimum Gasteiger partial charge on any atom is -0.394 e. The minimum atomic E-state index is -0.326. The minimum absolute atomic E-state index is 0.0405. The molecule has 0 aliphatic rings. The van der Waals surface area contributed by atoms with Gasteiger partial charge in [-0.3, -0.25) is 0 Å². The van der Waals surface area contributed by atoms with E-state index in [1.54, 1.807) is 12.5 Å². The van der Waals surface area contributed by atoms with Gasteiger partial charge in [0.15, 0.2) is 0 Å². The molecule has 0 bridgehead atoms. The lowest BCUT2D eigenvalue weighted by molar-refractivity contribution is 0.261. The molecule has 0 aliphatic carbocycles. The van der Waals surface area contributed by atoms with Gasteiger partial charge in [-0.15, -0.1) is 0 Å². The topological polar surface area (TPSA) is 64.1 Å². The molecule has 0 saturated heterocycles. The van der Waals surface area contributed by atoms with Crippen LogP contribution in [0.15, 0.2) is 12.5 Å². The van der Waals surface area contributed by atoms with Gasteiger partial charge in [0.2, 0.25) is 0 Å². The van der Waals surface area contributed by atoms with Crippen LogP contribution in [-0.4, -0.2) is 21.3 Å². The maximum atomic E-state index is 8.99. The molecule has 0 amide bonds. The Kier molecular flexibility index (Phi) is 3.88. The van der Waals surface area contributed by atoms with Crippen molar-refractivity contribution < 1.29 is 5.11 Å². The molecule has 86 valence electrons. The maximum absolute atomic E-state index is 8.99. The SMILES string of the molecule is CC(C)(C)CCn1cncc1C(N)CO. The monoisotopic (exact) mass is 211 g/mol. The summed E-state index contributed by atoms with van der Waals surface area (Å²) >= 11 is 0. The predicted molar refractivity (Wildman–Crippen MR) is 60.3 cm³/mol. The molecule has 0 radical (unpaired) electrons. The van der Waals surface area contributed by atoms with Gasteiger partial charge in [-0.2, -0.15) is 0 Å². The largest absolute Gasteiger partial charge is 0.394 e. The number of aliphatic hydroxyl groups excluding tert-OH is 1. The number of hydrogen-bond acceptors (Lipinski definition) is 3. The fourth-order valence-corrected chi connectivity index (χ4v) is 1.38. The molecule has 0 fully saturated rings. The number of aryl methyl sites for hydroxylation is 1. The predicted octanol–water partition coefficient (Wildman–Crippen LogP) is 1.31. The summed E-state index contributed by atoms with van der Waals surface area (Å²) in [5.41, 5.74) is 6.97. The van der Waals surface area contributed by atoms with Crippen molar-refractivity contribution >= 4 is 0 Å². The summed E-state index contributed by atoms with van der Waals surface area (Å²) < 4.78 is 2.02. The van der Waals surface area contributed by atoms with Crippen molar-refractivity contribution in [3.05, 3.63) is 18.2 Å². The molecular weight excluding hydrogens is 190 g/mol. The third-order valence-corrected chi connectivity index (χ3v) is 2.42. The lowest BCUT2D eigenvalue weighted by Crippen LogP contribution is -2.20. The highest BCUT2D eigenvalue weighted by Crippen LogP contribution is 2.20. The van der Waals surface area contributed by atoms with Crippen LogP contribution >= 0.6 is 0 Å². The Morgan fingerprint density at radius 2 is 2.20 bits per heavy atom. The first-order chi connectivity index (χ1) is 6.94. The second-order valence-electron chi connectivity index (χ2n) is 5.11. The van der Waals surface area contributed by atoms with E-state index in [2.05, 4.69) is 25.8 Å². The first kappa shape index (κ1) is 12.2. The van der Waals surface area contributed by atoms with Gasteiger partial charge in [0.05, 0.1) is 24.7 Å². The Morgan fingerprint density at radius 3 is 2.73 bits per heavy atom. The molecule has 1 rings (SSSR count). The Morgan fingerprint density at radius 1 is 1.53 bits per heavy atom. The first-order valence-electron chi connectivity index (χ1n) is 5.30. The molecule has 0 saturated carbocycles. The van der Waals surface area contributed by atoms with Gasteiger partial charge in [0.25, 0.3) is 0 Å². The summed E-state index contributed by atoms with van der Waals surface area (Å²) in [6.45, 7) is 7.47. The molecule has 0 aromatic carbocycles. The third kappa shape index (κ3) is 3.64. The second kappa shape index (κ2) is 4.77. The Bertz CT molecular complexity index is 301. The quantitative estimate of drug-likeness (QED) is 0.789. The van der Waals surface area contributed by atoms with Crippen LogP contribution in [-0.2, 0) is 6.54 Å². The van der Waals surface area contributed by atoms with E-state index in [1.807, 2.05) is 4.57 Å². The third-order valence-electron chi connectivity index (χ3n) is 2.42. The van der Waals surface area contributed by atoms with E-state index < -0.39 is 0 Å². The molecule has 3 N–H and O–H groups in total. The number of aromatic nitrogens is 2. The van der Waals surface area contributed by atoms with E-state index in [1.165, 1.54) is 0 Å². The normalized spacial score (nSPS) is 14.2. The molecule has 1 atom stereocenters. The molecule has 1 unspecified atom stereocenters. The number of aliphatic hydroxyl groups is 1. The van der Waals surface area contributed by atoms with Crippen molar-refractivity contribution in [3.8, 4) is 0 Å². The van der Waals surface area contributed by atoms with Gasteiger partial charge in [-0.1, -0.05) is 20.8 Å². The number of nitrogens with zero attached hydrogens (tertiary/aromatic N) is 2. The van der Waals surface area contributed by atoms with Gasteiger partial charge in [-0.05, 0) is 11.8 Å². The Balaban J connectivity index is 2.65. The number of hydrogen-bond donors (Lipinski definition) is 2. The van der Waals surface area contributed by atoms with E-state index >= 15 is 0 Å². The molecule has 4 nitrogen and oxygen atoms in total. The lowest BCUT2D eigenvalue weighted by Gasteiger charge is -2.20. The van der Waals surface area contributed by atoms with Crippen molar-refractivity contribution in [2.45, 2.75) is 39.8 Å². The summed E-state index contributed by atoms with van der Waals surface area (Å²) in [6.07, 6.45) is 4.56. The van der Waals surface area contributed by atoms with Crippen molar-refractivity contribution in [2.24, 2.45) is 11.1 Å². The zero-order valence-electron chi connectivity index (χ0n) is 9.77. The summed E-state index contributed by atoms with van der Waals surface area (Å²) in [5, 5.41) is 8.99. The second-order valence-corrected chi connectivity index (χ2v) is 5.11. The number of nitrogens with two attached hydrogens (primary N) is 1. The van der Waals surface area contributed by atoms with Gasteiger partial charge >= 0.3 is 0 Å². The van der Waals surface area contributed by atoms with Crippen LogP contribution in [0.2, 0.25) is 0 Å². The van der Waals surface area contributed by atoms with E-state index in [9.17, 15) is 0 Å². The van der Waals surface area contributed by atoms with Crippen molar-refractivity contribution in [2.75, 3.05) is 6.61 Å². The van der Waals surface area contributed by atoms with Crippen LogP contribution in [0.4, 0.5) is 0 Å². The van der Waals surface area contributed by atoms with Crippen LogP contribution < -0.4 is 5.73 Å². The van der Waals surface area contributed by atoms with Crippen LogP contribution in [0.25, 0.3) is 0 Å². The average molecular weight is 211 g/mol. The van der Waals surface area contributed by atoms with Gasteiger partial charge in [0, 0.05) is 12.7 Å². The number of rotatable bonds is 4. The molecule has 4 heteroatoms. The van der Waals surface area contributed by atoms with Gasteiger partial charge in [0.1, 0.15) is 0 Å². The maximum Gasteiger partial charge on any atom is 0.0948 e. The molecule has 1 heterocycles. The van der Waals surface area contributed by atoms with Gasteiger partial charge < -0.3 is 15.4 Å². The molecule has 1 aromatic heterocycles. The highest BCUT2D eigenvalue weighted by molar-refractivity contribution is 5.04. The standard InChI is InChI=1S/C11H21N3O/c1-11(2,3)4-5-14-8-13-6-10(14)9(12)7-15/h6,8-9,15H,4-5,7,12H2,1-3H3. The van der Waals surface area contributed by atoms with E-state index in [4.69, 9.17) is 10.8 Å². The fraction of sp³-hybridized carbons (Fsp3) is 0.727. The van der Waals surface area contributed by atoms with Crippen molar-refractivity contribution in [1.29, 1.82) is 0 Å². The Hall–Kier alpha value is -0.870. The van der Waals surface area contributed by atoms with Crippen LogP contribution in [0.1, 0.15) is 38.9 Å². The average Bonchev–Trinajstić information content (AvgIpc) is 2.60. The first-order valence-corrected chi connectivity index (χ1v) is 5.30. The fourth-order valence-electron chi connectivity index (χ4n) is 1.38. The molecule has 1 aromatic rings. The summed E-state index contributed by atoms with van der Waals surface area (Å²) in [7, 11) is 0. The lowest BCUT2D eigenvalue weighted by atomic mass is 9.92. The zero-order chi connectivity index (χ0) is 11.5. The zero-order valence-corrected chi connectivity index (χ0v) is 9.77. The molecule has 15 heavy (non-hydrogen) atoms. The van der Waals surface area contributed by atoms with E-state index in [0.717, 1.165) is 18.7 Å². The van der Waals surface area contributed by atoms with Crippen LogP contribution in [0.3, 0.4) is 0 Å². The molecule has 0 aliphatic heterocycles. The number of imidazole rings is 1.